The highest BCUT2D eigenvalue weighted by atomic mass is 32.1. The Balaban J connectivity index is 1.09. The maximum absolute atomic E-state index is 6.67. The molecular weight excluding hydrogens is 615 g/mol. The van der Waals surface area contributed by atoms with Gasteiger partial charge in [-0.3, -0.25) is 0 Å². The highest BCUT2D eigenvalue weighted by Gasteiger charge is 2.17. The van der Waals surface area contributed by atoms with Gasteiger partial charge in [0.25, 0.3) is 0 Å². The second kappa shape index (κ2) is 11.2. The quantitative estimate of drug-likeness (QED) is 0.186. The van der Waals surface area contributed by atoms with E-state index in [9.17, 15) is 0 Å². The molecule has 0 atom stereocenters. The van der Waals surface area contributed by atoms with E-state index in [0.717, 1.165) is 55.5 Å². The standard InChI is InChI=1S/C46H29NOS/c1-2-9-30(10-3-1)31-17-22-34(23-18-31)47(36-26-28-40-39-13-6-7-16-43(39)49-44(40)29-36)35-24-19-33(20-25-35)38-14-8-15-41-42-27-21-32-11-4-5-12-37(32)46(42)48-45(38)41/h1-29H. The van der Waals surface area contributed by atoms with Crippen molar-refractivity contribution >= 4 is 81.3 Å². The monoisotopic (exact) mass is 643 g/mol. The van der Waals surface area contributed by atoms with Gasteiger partial charge >= 0.3 is 0 Å². The largest absolute Gasteiger partial charge is 0.455 e. The zero-order valence-electron chi connectivity index (χ0n) is 26.5. The lowest BCUT2D eigenvalue weighted by molar-refractivity contribution is 0.674. The maximum Gasteiger partial charge on any atom is 0.143 e. The van der Waals surface area contributed by atoms with Crippen molar-refractivity contribution in [2.75, 3.05) is 4.90 Å². The van der Waals surface area contributed by atoms with Gasteiger partial charge in [0, 0.05) is 59.0 Å². The summed E-state index contributed by atoms with van der Waals surface area (Å²) in [6, 6.07) is 63.1. The van der Waals surface area contributed by atoms with Crippen molar-refractivity contribution < 1.29 is 4.42 Å². The van der Waals surface area contributed by atoms with E-state index >= 15 is 0 Å². The van der Waals surface area contributed by atoms with Crippen LogP contribution in [0.3, 0.4) is 0 Å². The van der Waals surface area contributed by atoms with Gasteiger partial charge in [-0.1, -0.05) is 127 Å². The zero-order chi connectivity index (χ0) is 32.3. The van der Waals surface area contributed by atoms with Crippen LogP contribution in [0.15, 0.2) is 180 Å². The Bertz CT molecular complexity index is 2810. The summed E-state index contributed by atoms with van der Waals surface area (Å²) in [5, 5.41) is 7.22. The fourth-order valence-corrected chi connectivity index (χ4v) is 8.42. The number of fused-ring (bicyclic) bond motifs is 8. The first-order valence-corrected chi connectivity index (χ1v) is 17.4. The molecule has 0 aliphatic heterocycles. The molecular formula is C46H29NOS. The topological polar surface area (TPSA) is 16.4 Å². The lowest BCUT2D eigenvalue weighted by Gasteiger charge is -2.26. The third-order valence-corrected chi connectivity index (χ3v) is 10.8. The second-order valence-corrected chi connectivity index (χ2v) is 13.6. The molecule has 10 aromatic rings. The summed E-state index contributed by atoms with van der Waals surface area (Å²) < 4.78 is 9.27. The molecule has 2 nitrogen and oxygen atoms in total. The van der Waals surface area contributed by atoms with Crippen LogP contribution in [0.2, 0.25) is 0 Å². The van der Waals surface area contributed by atoms with Gasteiger partial charge in [0.05, 0.1) is 0 Å². The number of thiophene rings is 1. The molecule has 0 bridgehead atoms. The molecule has 0 amide bonds. The normalized spacial score (nSPS) is 11.7. The first-order chi connectivity index (χ1) is 24.3. The Morgan fingerprint density at radius 1 is 0.367 bits per heavy atom. The molecule has 230 valence electrons. The fraction of sp³-hybridized carbons (Fsp3) is 0. The minimum Gasteiger partial charge on any atom is -0.455 e. The van der Waals surface area contributed by atoms with Crippen LogP contribution in [-0.4, -0.2) is 0 Å². The Morgan fingerprint density at radius 3 is 1.78 bits per heavy atom. The average Bonchev–Trinajstić information content (AvgIpc) is 3.74. The van der Waals surface area contributed by atoms with Crippen LogP contribution >= 0.6 is 11.3 Å². The van der Waals surface area contributed by atoms with E-state index in [1.165, 1.54) is 36.7 Å². The van der Waals surface area contributed by atoms with Crippen LogP contribution < -0.4 is 4.90 Å². The molecule has 2 aromatic heterocycles. The van der Waals surface area contributed by atoms with Crippen molar-refractivity contribution in [3.05, 3.63) is 176 Å². The molecule has 8 aromatic carbocycles. The van der Waals surface area contributed by atoms with Crippen LogP contribution in [0, 0.1) is 0 Å². The molecule has 0 aliphatic rings. The predicted molar refractivity (Wildman–Crippen MR) is 210 cm³/mol. The average molecular weight is 644 g/mol. The number of hydrogen-bond donors (Lipinski definition) is 0. The summed E-state index contributed by atoms with van der Waals surface area (Å²) in [5.74, 6) is 0. The zero-order valence-corrected chi connectivity index (χ0v) is 27.3. The van der Waals surface area contributed by atoms with Gasteiger partial charge in [-0.05, 0) is 70.6 Å². The third-order valence-electron chi connectivity index (χ3n) is 9.68. The number of rotatable bonds is 5. The maximum atomic E-state index is 6.67. The molecule has 0 spiro atoms. The molecule has 2 heterocycles. The molecule has 0 saturated carbocycles. The van der Waals surface area contributed by atoms with Crippen molar-refractivity contribution in [3.8, 4) is 22.3 Å². The van der Waals surface area contributed by atoms with Crippen LogP contribution in [0.1, 0.15) is 0 Å². The number of para-hydroxylation sites is 1. The molecule has 3 heteroatoms. The van der Waals surface area contributed by atoms with Gasteiger partial charge in [0.1, 0.15) is 11.2 Å². The molecule has 0 fully saturated rings. The van der Waals surface area contributed by atoms with Gasteiger partial charge in [-0.15, -0.1) is 11.3 Å². The van der Waals surface area contributed by atoms with E-state index in [1.54, 1.807) is 0 Å². The lowest BCUT2D eigenvalue weighted by Crippen LogP contribution is -2.09. The van der Waals surface area contributed by atoms with Crippen molar-refractivity contribution in [3.63, 3.8) is 0 Å². The van der Waals surface area contributed by atoms with Crippen LogP contribution in [-0.2, 0) is 0 Å². The van der Waals surface area contributed by atoms with E-state index in [2.05, 4.69) is 181 Å². The van der Waals surface area contributed by atoms with Gasteiger partial charge in [0.2, 0.25) is 0 Å². The summed E-state index contributed by atoms with van der Waals surface area (Å²) in [7, 11) is 0. The molecule has 49 heavy (non-hydrogen) atoms. The van der Waals surface area contributed by atoms with Crippen molar-refractivity contribution in [2.45, 2.75) is 0 Å². The summed E-state index contributed by atoms with van der Waals surface area (Å²) in [6.07, 6.45) is 0. The highest BCUT2D eigenvalue weighted by molar-refractivity contribution is 7.25. The summed E-state index contributed by atoms with van der Waals surface area (Å²) in [6.45, 7) is 0. The third kappa shape index (κ3) is 4.62. The number of anilines is 3. The highest BCUT2D eigenvalue weighted by Crippen LogP contribution is 2.43. The predicted octanol–water partition coefficient (Wildman–Crippen LogP) is 13.9. The smallest absolute Gasteiger partial charge is 0.143 e. The number of furan rings is 1. The molecule has 0 unspecified atom stereocenters. The summed E-state index contributed by atoms with van der Waals surface area (Å²) >= 11 is 1.85. The van der Waals surface area contributed by atoms with E-state index in [0.29, 0.717) is 0 Å². The van der Waals surface area contributed by atoms with Gasteiger partial charge in [0.15, 0.2) is 0 Å². The number of benzene rings is 8. The van der Waals surface area contributed by atoms with Crippen LogP contribution in [0.5, 0.6) is 0 Å². The summed E-state index contributed by atoms with van der Waals surface area (Å²) in [4.78, 5) is 2.36. The van der Waals surface area contributed by atoms with E-state index in [1.807, 2.05) is 11.3 Å². The Labute approximate surface area is 287 Å². The van der Waals surface area contributed by atoms with Gasteiger partial charge in [-0.2, -0.15) is 0 Å². The number of hydrogen-bond acceptors (Lipinski definition) is 3. The van der Waals surface area contributed by atoms with Crippen molar-refractivity contribution in [2.24, 2.45) is 0 Å². The Kier molecular flexibility index (Phi) is 6.39. The van der Waals surface area contributed by atoms with E-state index in [-0.39, 0.29) is 0 Å². The SMILES string of the molecule is c1ccc(-c2ccc(N(c3ccc(-c4cccc5c4oc4c6ccccc6ccc54)cc3)c3ccc4c(c3)sc3ccccc34)cc2)cc1. The Hall–Kier alpha value is -6.16. The first-order valence-electron chi connectivity index (χ1n) is 16.6. The lowest BCUT2D eigenvalue weighted by atomic mass is 10.0. The van der Waals surface area contributed by atoms with Crippen molar-refractivity contribution in [1.29, 1.82) is 0 Å². The van der Waals surface area contributed by atoms with Gasteiger partial charge in [-0.25, -0.2) is 0 Å². The second-order valence-electron chi connectivity index (χ2n) is 12.5. The van der Waals surface area contributed by atoms with Gasteiger partial charge < -0.3 is 9.32 Å². The van der Waals surface area contributed by atoms with Crippen molar-refractivity contribution in [1.82, 2.24) is 0 Å². The molecule has 0 aliphatic carbocycles. The summed E-state index contributed by atoms with van der Waals surface area (Å²) in [5.41, 5.74) is 9.83. The molecule has 10 rings (SSSR count). The Morgan fingerprint density at radius 2 is 0.959 bits per heavy atom. The molecule has 0 N–H and O–H groups in total. The molecule has 0 saturated heterocycles. The van der Waals surface area contributed by atoms with E-state index in [4.69, 9.17) is 4.42 Å². The minimum absolute atomic E-state index is 0.921. The first kappa shape index (κ1) is 27.9. The minimum atomic E-state index is 0.921. The van der Waals surface area contributed by atoms with E-state index < -0.39 is 0 Å². The fourth-order valence-electron chi connectivity index (χ4n) is 7.28. The molecule has 0 radical (unpaired) electrons. The van der Waals surface area contributed by atoms with Crippen LogP contribution in [0.25, 0.3) is 75.1 Å². The number of nitrogens with zero attached hydrogens (tertiary/aromatic N) is 1. The van der Waals surface area contributed by atoms with Crippen LogP contribution in [0.4, 0.5) is 17.1 Å².